The summed E-state index contributed by atoms with van der Waals surface area (Å²) in [5.41, 5.74) is 0. The van der Waals surface area contributed by atoms with Gasteiger partial charge >= 0.3 is 40.9 Å². The largest absolute Gasteiger partial charge is 1.00 e. The molecular weight excluding hydrogens is 264 g/mol. The Hall–Kier alpha value is 2.69. The van der Waals surface area contributed by atoms with Crippen LogP contribution < -0.4 is 42.0 Å². The normalized spacial score (nSPS) is 14.2. The van der Waals surface area contributed by atoms with Gasteiger partial charge in [-0.05, 0) is 0 Å². The molecule has 6 heteroatoms. The van der Waals surface area contributed by atoms with Crippen molar-refractivity contribution in [2.75, 3.05) is 0 Å². The number of rotatable bonds is 0. The van der Waals surface area contributed by atoms with Gasteiger partial charge in [0.15, 0.2) is 0 Å². The summed E-state index contributed by atoms with van der Waals surface area (Å²) in [5, 5.41) is 0. The third-order valence-electron chi connectivity index (χ3n) is 1.50. The van der Waals surface area contributed by atoms with Crippen molar-refractivity contribution in [3.8, 4) is 0 Å². The van der Waals surface area contributed by atoms with Gasteiger partial charge in [0.2, 0.25) is 0 Å². The van der Waals surface area contributed by atoms with Gasteiger partial charge < -0.3 is 12.4 Å². The van der Waals surface area contributed by atoms with Crippen LogP contribution in [0.1, 0.15) is 38.5 Å². The summed E-state index contributed by atoms with van der Waals surface area (Å²) in [6.45, 7) is 0. The molecule has 0 bridgehead atoms. The van der Waals surface area contributed by atoms with Gasteiger partial charge in [-0.1, -0.05) is 38.5 Å². The van der Waals surface area contributed by atoms with Gasteiger partial charge in [-0.2, -0.15) is 0 Å². The first kappa shape index (κ1) is 20.1. The van der Waals surface area contributed by atoms with Crippen molar-refractivity contribution < 1.29 is 42.0 Å². The van der Waals surface area contributed by atoms with Crippen molar-refractivity contribution in [1.29, 1.82) is 0 Å². The van der Waals surface area contributed by atoms with Gasteiger partial charge in [-0.3, -0.25) is 0 Å². The van der Waals surface area contributed by atoms with E-state index in [-0.39, 0.29) is 42.0 Å². The Morgan fingerprint density at radius 1 is 0.667 bits per heavy atom. The van der Waals surface area contributed by atoms with Crippen LogP contribution in [0.2, 0.25) is 0 Å². The molecule has 68 valence electrons. The van der Waals surface area contributed by atoms with Gasteiger partial charge in [0.25, 0.3) is 0 Å². The summed E-state index contributed by atoms with van der Waals surface area (Å²) < 4.78 is 0. The summed E-state index contributed by atoms with van der Waals surface area (Å²) in [6, 6.07) is 0. The van der Waals surface area contributed by atoms with Crippen molar-refractivity contribution in [1.82, 2.24) is 0 Å². The average molecular weight is 276 g/mol. The Bertz CT molecular complexity index is 56.3. The standard InChI is InChI=1S/C6H12.Al.4ClH.Na/c1-2-4-6-5-3-1;;;;;;/h1-6H2;;4*1H;/q;+3;;;;;+1/p-4. The van der Waals surface area contributed by atoms with Crippen LogP contribution in [0.15, 0.2) is 0 Å². The van der Waals surface area contributed by atoms with Gasteiger partial charge in [-0.15, -0.1) is 0 Å². The maximum Gasteiger partial charge on any atom is 1.00 e. The molecule has 0 aromatic carbocycles. The molecule has 1 rings (SSSR count). The van der Waals surface area contributed by atoms with Crippen LogP contribution in [0.25, 0.3) is 0 Å². The van der Waals surface area contributed by atoms with E-state index in [9.17, 15) is 0 Å². The maximum atomic E-state index is 4.94. The summed E-state index contributed by atoms with van der Waals surface area (Å²) >= 11 is -1.72. The minimum atomic E-state index is -1.72. The van der Waals surface area contributed by atoms with Crippen LogP contribution in [0.3, 0.4) is 0 Å². The van der Waals surface area contributed by atoms with E-state index in [4.69, 9.17) is 30.1 Å². The predicted molar refractivity (Wildman–Crippen MR) is 51.0 cm³/mol. The molecule has 0 radical (unpaired) electrons. The fourth-order valence-corrected chi connectivity index (χ4v) is 1.06. The Balaban J connectivity index is -0.000000124. The molecule has 0 amide bonds. The SMILES string of the molecule is C1CCCCC1.[Cl-].[Cl][Al]([Cl])[Cl].[Na+]. The molecule has 0 N–H and O–H groups in total. The van der Waals surface area contributed by atoms with Crippen molar-refractivity contribution >= 4 is 41.5 Å². The summed E-state index contributed by atoms with van der Waals surface area (Å²) in [6.07, 6.45) is 9.00. The average Bonchev–Trinajstić information content (AvgIpc) is 1.90. The van der Waals surface area contributed by atoms with Gasteiger partial charge in [0.05, 0.1) is 0 Å². The van der Waals surface area contributed by atoms with E-state index in [1.165, 1.54) is 38.5 Å². The smallest absolute Gasteiger partial charge is 1.00 e. The first-order valence-corrected chi connectivity index (χ1v) is 8.89. The van der Waals surface area contributed by atoms with Gasteiger partial charge in [0.1, 0.15) is 0 Å². The van der Waals surface area contributed by atoms with Crippen LogP contribution >= 0.6 is 30.1 Å². The van der Waals surface area contributed by atoms with Crippen molar-refractivity contribution in [3.63, 3.8) is 0 Å². The first-order valence-electron chi connectivity index (χ1n) is 3.65. The van der Waals surface area contributed by atoms with E-state index in [0.717, 1.165) is 0 Å². The minimum absolute atomic E-state index is 0. The Morgan fingerprint density at radius 2 is 0.750 bits per heavy atom. The van der Waals surface area contributed by atoms with E-state index in [0.29, 0.717) is 0 Å². The van der Waals surface area contributed by atoms with E-state index >= 15 is 0 Å². The van der Waals surface area contributed by atoms with Crippen LogP contribution in [0.4, 0.5) is 0 Å². The molecule has 0 aliphatic heterocycles. The zero-order valence-electron chi connectivity index (χ0n) is 7.33. The molecule has 1 aliphatic rings. The molecule has 0 unspecified atom stereocenters. The van der Waals surface area contributed by atoms with E-state index in [1.54, 1.807) is 0 Å². The van der Waals surface area contributed by atoms with Crippen LogP contribution in [-0.4, -0.2) is 11.4 Å². The Kier molecular flexibility index (Phi) is 27.1. The van der Waals surface area contributed by atoms with Crippen molar-refractivity contribution in [2.45, 2.75) is 38.5 Å². The molecule has 0 aromatic rings. The van der Waals surface area contributed by atoms with E-state index in [2.05, 4.69) is 0 Å². The molecule has 0 atom stereocenters. The van der Waals surface area contributed by atoms with E-state index in [1.807, 2.05) is 0 Å². The van der Waals surface area contributed by atoms with Gasteiger partial charge in [0, 0.05) is 0 Å². The zero-order chi connectivity index (χ0) is 7.82. The molecule has 1 saturated carbocycles. The van der Waals surface area contributed by atoms with E-state index < -0.39 is 11.4 Å². The molecule has 0 spiro atoms. The zero-order valence-corrected chi connectivity index (χ0v) is 13.5. The molecule has 12 heavy (non-hydrogen) atoms. The van der Waals surface area contributed by atoms with Gasteiger partial charge in [-0.25, -0.2) is 30.1 Å². The second-order valence-corrected chi connectivity index (χ2v) is 8.80. The third kappa shape index (κ3) is 23.0. The first-order chi connectivity index (χ1) is 4.73. The number of hydrogen-bond donors (Lipinski definition) is 0. The molecule has 0 saturated heterocycles. The van der Waals surface area contributed by atoms with Crippen LogP contribution in [0, 0.1) is 0 Å². The van der Waals surface area contributed by atoms with Crippen LogP contribution in [0.5, 0.6) is 0 Å². The molecule has 0 nitrogen and oxygen atoms in total. The Morgan fingerprint density at radius 3 is 0.833 bits per heavy atom. The number of hydrogen-bond acceptors (Lipinski definition) is 0. The fourth-order valence-electron chi connectivity index (χ4n) is 1.06. The fraction of sp³-hybridized carbons (Fsp3) is 1.00. The summed E-state index contributed by atoms with van der Waals surface area (Å²) in [4.78, 5) is 0. The second-order valence-electron chi connectivity index (χ2n) is 2.37. The second kappa shape index (κ2) is 16.1. The summed E-state index contributed by atoms with van der Waals surface area (Å²) in [5.74, 6) is 0. The molecule has 0 aromatic heterocycles. The molecule has 1 fully saturated rings. The number of halogens is 4. The third-order valence-corrected chi connectivity index (χ3v) is 1.50. The van der Waals surface area contributed by atoms with Crippen LogP contribution in [-0.2, 0) is 0 Å². The molecular formula is C6H12AlCl4Na. The maximum absolute atomic E-state index is 4.94. The molecule has 0 heterocycles. The quantitative estimate of drug-likeness (QED) is 0.451. The summed E-state index contributed by atoms with van der Waals surface area (Å²) in [7, 11) is 14.8. The Labute approximate surface area is 120 Å². The monoisotopic (exact) mass is 274 g/mol. The topological polar surface area (TPSA) is 0 Å². The van der Waals surface area contributed by atoms with Crippen molar-refractivity contribution in [3.05, 3.63) is 0 Å². The predicted octanol–water partition coefficient (Wildman–Crippen LogP) is -1.96. The van der Waals surface area contributed by atoms with Crippen molar-refractivity contribution in [2.24, 2.45) is 0 Å². The molecule has 1 aliphatic carbocycles. The minimum Gasteiger partial charge on any atom is -1.00 e.